The van der Waals surface area contributed by atoms with E-state index < -0.39 is 0 Å². The number of hydrogen-bond acceptors (Lipinski definition) is 4. The van der Waals surface area contributed by atoms with E-state index >= 15 is 0 Å². The quantitative estimate of drug-likeness (QED) is 0.839. The van der Waals surface area contributed by atoms with Crippen LogP contribution in [-0.2, 0) is 4.79 Å². The molecule has 27 heavy (non-hydrogen) atoms. The maximum Gasteiger partial charge on any atom is 0.317 e. The molecule has 7 heteroatoms. The molecule has 0 saturated carbocycles. The first kappa shape index (κ1) is 19.0. The number of hydrogen-bond donors (Lipinski definition) is 2. The first-order valence-corrected chi connectivity index (χ1v) is 9.10. The molecule has 7 nitrogen and oxygen atoms in total. The number of piperazine rings is 1. The molecule has 0 radical (unpaired) electrons. The molecular formula is C20H26N4O3. The van der Waals surface area contributed by atoms with Crippen molar-refractivity contribution in [2.45, 2.75) is 13.0 Å². The van der Waals surface area contributed by atoms with E-state index in [2.05, 4.69) is 11.4 Å². The molecule has 3 rings (SSSR count). The number of primary amides is 1. The van der Waals surface area contributed by atoms with E-state index in [9.17, 15) is 9.59 Å². The van der Waals surface area contributed by atoms with Crippen molar-refractivity contribution in [1.29, 1.82) is 0 Å². The van der Waals surface area contributed by atoms with Crippen LogP contribution >= 0.6 is 0 Å². The van der Waals surface area contributed by atoms with Crippen molar-refractivity contribution in [1.82, 2.24) is 15.1 Å². The highest BCUT2D eigenvalue weighted by molar-refractivity contribution is 5.85. The number of urea groups is 1. The Morgan fingerprint density at radius 2 is 1.78 bits per heavy atom. The van der Waals surface area contributed by atoms with Crippen molar-refractivity contribution in [3.05, 3.63) is 42.0 Å². The summed E-state index contributed by atoms with van der Waals surface area (Å²) in [5.41, 5.74) is 6.27. The van der Waals surface area contributed by atoms with Crippen LogP contribution in [0.5, 0.6) is 5.75 Å². The summed E-state index contributed by atoms with van der Waals surface area (Å²) in [7, 11) is 1.65. The van der Waals surface area contributed by atoms with Crippen LogP contribution in [0.2, 0.25) is 0 Å². The SMILES string of the molecule is COc1ccc2cc([C@H](C)NC(=O)N3CCN(CC(N)=O)CC3)ccc2c1. The Kier molecular flexibility index (Phi) is 5.81. The lowest BCUT2D eigenvalue weighted by atomic mass is 10.0. The zero-order valence-corrected chi connectivity index (χ0v) is 15.8. The Balaban J connectivity index is 1.60. The fraction of sp³-hybridized carbons (Fsp3) is 0.400. The summed E-state index contributed by atoms with van der Waals surface area (Å²) in [5.74, 6) is 0.488. The molecule has 1 heterocycles. The highest BCUT2D eigenvalue weighted by atomic mass is 16.5. The summed E-state index contributed by atoms with van der Waals surface area (Å²) in [6.45, 7) is 4.71. The van der Waals surface area contributed by atoms with Crippen LogP contribution in [-0.4, -0.2) is 61.6 Å². The molecule has 1 atom stereocenters. The van der Waals surface area contributed by atoms with Gasteiger partial charge in [0.05, 0.1) is 19.7 Å². The minimum absolute atomic E-state index is 0.0870. The molecule has 0 aromatic heterocycles. The zero-order valence-electron chi connectivity index (χ0n) is 15.8. The third kappa shape index (κ3) is 4.68. The van der Waals surface area contributed by atoms with Crippen molar-refractivity contribution in [3.8, 4) is 5.75 Å². The third-order valence-corrected chi connectivity index (χ3v) is 4.95. The molecule has 2 aromatic rings. The predicted octanol–water partition coefficient (Wildman–Crippen LogP) is 1.72. The lowest BCUT2D eigenvalue weighted by Gasteiger charge is -2.34. The highest BCUT2D eigenvalue weighted by Crippen LogP contribution is 2.24. The normalized spacial score (nSPS) is 16.1. The number of nitrogens with one attached hydrogen (secondary N) is 1. The van der Waals surface area contributed by atoms with E-state index in [1.165, 1.54) is 0 Å². The average Bonchev–Trinajstić information content (AvgIpc) is 2.67. The summed E-state index contributed by atoms with van der Waals surface area (Å²) in [6.07, 6.45) is 0. The second-order valence-corrected chi connectivity index (χ2v) is 6.87. The van der Waals surface area contributed by atoms with Crippen molar-refractivity contribution >= 4 is 22.7 Å². The number of rotatable bonds is 5. The Hall–Kier alpha value is -2.80. The maximum atomic E-state index is 12.5. The van der Waals surface area contributed by atoms with Crippen LogP contribution in [0, 0.1) is 0 Å². The van der Waals surface area contributed by atoms with E-state index in [0.717, 1.165) is 22.1 Å². The highest BCUT2D eigenvalue weighted by Gasteiger charge is 2.23. The molecule has 3 N–H and O–H groups in total. The number of nitrogens with two attached hydrogens (primary N) is 1. The van der Waals surface area contributed by atoms with Crippen LogP contribution in [0.4, 0.5) is 4.79 Å². The van der Waals surface area contributed by atoms with Crippen LogP contribution in [0.3, 0.4) is 0 Å². The molecule has 1 saturated heterocycles. The first-order chi connectivity index (χ1) is 13.0. The van der Waals surface area contributed by atoms with E-state index in [4.69, 9.17) is 10.5 Å². The second-order valence-electron chi connectivity index (χ2n) is 6.87. The third-order valence-electron chi connectivity index (χ3n) is 4.95. The van der Waals surface area contributed by atoms with Gasteiger partial charge in [0.15, 0.2) is 0 Å². The van der Waals surface area contributed by atoms with E-state index in [1.807, 2.05) is 42.2 Å². The van der Waals surface area contributed by atoms with Gasteiger partial charge < -0.3 is 20.7 Å². The molecule has 0 bridgehead atoms. The number of amides is 3. The first-order valence-electron chi connectivity index (χ1n) is 9.10. The van der Waals surface area contributed by atoms with Crippen molar-refractivity contribution in [2.75, 3.05) is 39.8 Å². The number of benzene rings is 2. The summed E-state index contributed by atoms with van der Waals surface area (Å²) in [5, 5.41) is 5.27. The number of carbonyl (C=O) groups excluding carboxylic acids is 2. The van der Waals surface area contributed by atoms with Gasteiger partial charge in [-0.3, -0.25) is 9.69 Å². The van der Waals surface area contributed by atoms with Crippen LogP contribution < -0.4 is 15.8 Å². The van der Waals surface area contributed by atoms with Gasteiger partial charge in [-0.15, -0.1) is 0 Å². The molecule has 1 aliphatic rings. The fourth-order valence-corrected chi connectivity index (χ4v) is 3.33. The molecule has 1 fully saturated rings. The van der Waals surface area contributed by atoms with Gasteiger partial charge in [-0.1, -0.05) is 18.2 Å². The van der Waals surface area contributed by atoms with E-state index in [1.54, 1.807) is 12.0 Å². The number of fused-ring (bicyclic) bond motifs is 1. The summed E-state index contributed by atoms with van der Waals surface area (Å²) in [4.78, 5) is 27.3. The molecule has 144 valence electrons. The topological polar surface area (TPSA) is 87.9 Å². The van der Waals surface area contributed by atoms with E-state index in [-0.39, 0.29) is 24.5 Å². The monoisotopic (exact) mass is 370 g/mol. The van der Waals surface area contributed by atoms with Crippen LogP contribution in [0.15, 0.2) is 36.4 Å². The summed E-state index contributed by atoms with van der Waals surface area (Å²) >= 11 is 0. The maximum absolute atomic E-state index is 12.5. The minimum atomic E-state index is -0.338. The van der Waals surface area contributed by atoms with Crippen LogP contribution in [0.25, 0.3) is 10.8 Å². The molecular weight excluding hydrogens is 344 g/mol. The molecule has 3 amide bonds. The number of methoxy groups -OCH3 is 1. The summed E-state index contributed by atoms with van der Waals surface area (Å²) < 4.78 is 5.26. The van der Waals surface area contributed by atoms with Gasteiger partial charge >= 0.3 is 6.03 Å². The standard InChI is InChI=1S/C20H26N4O3/c1-14(15-3-4-17-12-18(27-2)6-5-16(17)11-15)22-20(26)24-9-7-23(8-10-24)13-19(21)25/h3-6,11-12,14H,7-10,13H2,1-2H3,(H2,21,25)(H,22,26)/t14-/m0/s1. The van der Waals surface area contributed by atoms with Gasteiger partial charge in [0.25, 0.3) is 0 Å². The number of ether oxygens (including phenoxy) is 1. The van der Waals surface area contributed by atoms with Gasteiger partial charge in [-0.25, -0.2) is 4.79 Å². The minimum Gasteiger partial charge on any atom is -0.497 e. The van der Waals surface area contributed by atoms with Gasteiger partial charge in [-0.05, 0) is 41.5 Å². The van der Waals surface area contributed by atoms with Crippen LogP contribution in [0.1, 0.15) is 18.5 Å². The molecule has 1 aliphatic heterocycles. The number of nitrogens with zero attached hydrogens (tertiary/aromatic N) is 2. The lowest BCUT2D eigenvalue weighted by molar-refractivity contribution is -0.119. The van der Waals surface area contributed by atoms with Crippen molar-refractivity contribution < 1.29 is 14.3 Å². The van der Waals surface area contributed by atoms with Crippen molar-refractivity contribution in [3.63, 3.8) is 0 Å². The smallest absolute Gasteiger partial charge is 0.317 e. The van der Waals surface area contributed by atoms with Gasteiger partial charge in [0.2, 0.25) is 5.91 Å². The van der Waals surface area contributed by atoms with E-state index in [0.29, 0.717) is 26.2 Å². The van der Waals surface area contributed by atoms with Crippen molar-refractivity contribution in [2.24, 2.45) is 5.73 Å². The van der Waals surface area contributed by atoms with Gasteiger partial charge in [0, 0.05) is 26.2 Å². The van der Waals surface area contributed by atoms with Gasteiger partial charge in [0.1, 0.15) is 5.75 Å². The largest absolute Gasteiger partial charge is 0.497 e. The second kappa shape index (κ2) is 8.26. The molecule has 0 spiro atoms. The van der Waals surface area contributed by atoms with Gasteiger partial charge in [-0.2, -0.15) is 0 Å². The summed E-state index contributed by atoms with van der Waals surface area (Å²) in [6, 6.07) is 11.9. The number of carbonyl (C=O) groups is 2. The Morgan fingerprint density at radius 1 is 1.11 bits per heavy atom. The Labute approximate surface area is 159 Å². The Morgan fingerprint density at radius 3 is 2.44 bits per heavy atom. The predicted molar refractivity (Wildman–Crippen MR) is 105 cm³/mol. The molecule has 0 unspecified atom stereocenters. The molecule has 0 aliphatic carbocycles. The Bertz CT molecular complexity index is 831. The fourth-order valence-electron chi connectivity index (χ4n) is 3.33. The average molecular weight is 370 g/mol. The zero-order chi connectivity index (χ0) is 19.4. The lowest BCUT2D eigenvalue weighted by Crippen LogP contribution is -2.53. The molecule has 2 aromatic carbocycles.